The summed E-state index contributed by atoms with van der Waals surface area (Å²) in [6.07, 6.45) is 11.1. The Balaban J connectivity index is 1.33. The first-order chi connectivity index (χ1) is 12.1. The SMILES string of the molecule is [C-]#[N+]C(C)C[C@H]1CC[C@@H]2O[C@@H]3C[C@]2(C[C@H]2OC4(CCCCC4)OC32)O1. The molecule has 7 atom stereocenters. The molecule has 0 radical (unpaired) electrons. The molecule has 5 rings (SSSR count). The zero-order valence-corrected chi connectivity index (χ0v) is 15.1. The highest BCUT2D eigenvalue weighted by molar-refractivity contribution is 5.12. The number of rotatable bonds is 2. The Labute approximate surface area is 150 Å². The lowest BCUT2D eigenvalue weighted by Crippen LogP contribution is -2.53. The quantitative estimate of drug-likeness (QED) is 0.716. The van der Waals surface area contributed by atoms with Gasteiger partial charge < -0.3 is 23.8 Å². The van der Waals surface area contributed by atoms with E-state index in [-0.39, 0.29) is 47.9 Å². The molecule has 3 aliphatic heterocycles. The summed E-state index contributed by atoms with van der Waals surface area (Å²) in [7, 11) is 0. The van der Waals surface area contributed by atoms with Gasteiger partial charge in [-0.05, 0) is 25.7 Å². The highest BCUT2D eigenvalue weighted by Gasteiger charge is 2.65. The van der Waals surface area contributed by atoms with E-state index in [1.165, 1.54) is 19.3 Å². The summed E-state index contributed by atoms with van der Waals surface area (Å²) >= 11 is 0. The van der Waals surface area contributed by atoms with Crippen LogP contribution in [0.5, 0.6) is 0 Å². The summed E-state index contributed by atoms with van der Waals surface area (Å²) < 4.78 is 26.1. The Morgan fingerprint density at radius 1 is 1.04 bits per heavy atom. The predicted octanol–water partition coefficient (Wildman–Crippen LogP) is 3.61. The van der Waals surface area contributed by atoms with Gasteiger partial charge in [0, 0.05) is 39.0 Å². The highest BCUT2D eigenvalue weighted by Crippen LogP contribution is 2.55. The van der Waals surface area contributed by atoms with Crippen LogP contribution in [0.25, 0.3) is 4.85 Å². The predicted molar refractivity (Wildman–Crippen MR) is 91.0 cm³/mol. The van der Waals surface area contributed by atoms with Crippen LogP contribution in [0.3, 0.4) is 0 Å². The smallest absolute Gasteiger partial charge is 0.223 e. The van der Waals surface area contributed by atoms with Crippen LogP contribution in [0, 0.1) is 6.57 Å². The molecule has 3 heterocycles. The van der Waals surface area contributed by atoms with Crippen LogP contribution in [-0.4, -0.2) is 47.9 Å². The Morgan fingerprint density at radius 3 is 2.64 bits per heavy atom. The molecule has 0 aromatic rings. The van der Waals surface area contributed by atoms with Crippen molar-refractivity contribution in [3.63, 3.8) is 0 Å². The molecule has 0 N–H and O–H groups in total. The van der Waals surface area contributed by atoms with E-state index in [9.17, 15) is 0 Å². The molecule has 2 saturated carbocycles. The third-order valence-electron chi connectivity index (χ3n) is 7.06. The van der Waals surface area contributed by atoms with Crippen molar-refractivity contribution in [1.82, 2.24) is 0 Å². The third-order valence-corrected chi connectivity index (χ3v) is 7.06. The van der Waals surface area contributed by atoms with Crippen molar-refractivity contribution < 1.29 is 18.9 Å². The maximum absolute atomic E-state index is 7.23. The van der Waals surface area contributed by atoms with E-state index in [1.807, 2.05) is 6.92 Å². The first-order valence-electron chi connectivity index (χ1n) is 10.2. The molecule has 5 fully saturated rings. The second kappa shape index (κ2) is 5.92. The minimum atomic E-state index is -0.347. The van der Waals surface area contributed by atoms with Crippen LogP contribution in [0.4, 0.5) is 0 Å². The largest absolute Gasteiger partial charge is 0.369 e. The monoisotopic (exact) mass is 347 g/mol. The minimum Gasteiger partial charge on any atom is -0.369 e. The van der Waals surface area contributed by atoms with Crippen molar-refractivity contribution in [2.75, 3.05) is 0 Å². The van der Waals surface area contributed by atoms with E-state index in [0.29, 0.717) is 0 Å². The van der Waals surface area contributed by atoms with Gasteiger partial charge in [-0.2, -0.15) is 0 Å². The summed E-state index contributed by atoms with van der Waals surface area (Å²) in [5, 5.41) is 0. The Bertz CT molecular complexity index is 569. The first-order valence-corrected chi connectivity index (χ1v) is 10.2. The topological polar surface area (TPSA) is 41.3 Å². The number of nitrogens with zero attached hydrogens (tertiary/aromatic N) is 1. The highest BCUT2D eigenvalue weighted by atomic mass is 16.8. The number of ether oxygens (including phenoxy) is 4. The average molecular weight is 347 g/mol. The van der Waals surface area contributed by atoms with Gasteiger partial charge in [0.2, 0.25) is 6.04 Å². The van der Waals surface area contributed by atoms with Crippen LogP contribution >= 0.6 is 0 Å². The molecular formula is C20H29NO4. The van der Waals surface area contributed by atoms with Gasteiger partial charge in [-0.3, -0.25) is 0 Å². The van der Waals surface area contributed by atoms with Gasteiger partial charge in [-0.1, -0.05) is 6.42 Å². The lowest BCUT2D eigenvalue weighted by molar-refractivity contribution is -0.215. The fourth-order valence-electron chi connectivity index (χ4n) is 5.93. The van der Waals surface area contributed by atoms with Crippen molar-refractivity contribution >= 4 is 0 Å². The van der Waals surface area contributed by atoms with E-state index in [0.717, 1.165) is 44.9 Å². The molecule has 0 aromatic heterocycles. The molecule has 0 aromatic carbocycles. The molecule has 5 nitrogen and oxygen atoms in total. The first kappa shape index (κ1) is 16.5. The average Bonchev–Trinajstić information content (AvgIpc) is 3.11. The zero-order chi connectivity index (χ0) is 17.1. The molecule has 2 spiro atoms. The van der Waals surface area contributed by atoms with Gasteiger partial charge in [0.05, 0.1) is 30.0 Å². The molecular weight excluding hydrogens is 318 g/mol. The molecule has 3 saturated heterocycles. The van der Waals surface area contributed by atoms with Crippen LogP contribution in [0.15, 0.2) is 0 Å². The maximum atomic E-state index is 7.23. The fraction of sp³-hybridized carbons (Fsp3) is 0.950. The fourth-order valence-corrected chi connectivity index (χ4v) is 5.93. The number of hydrogen-bond donors (Lipinski definition) is 0. The van der Waals surface area contributed by atoms with E-state index in [1.54, 1.807) is 0 Å². The van der Waals surface area contributed by atoms with Crippen molar-refractivity contribution in [1.29, 1.82) is 0 Å². The van der Waals surface area contributed by atoms with Gasteiger partial charge in [0.15, 0.2) is 5.79 Å². The van der Waals surface area contributed by atoms with Crippen LogP contribution in [-0.2, 0) is 18.9 Å². The number of hydrogen-bond acceptors (Lipinski definition) is 4. The number of fused-ring (bicyclic) bond motifs is 3. The summed E-state index contributed by atoms with van der Waals surface area (Å²) in [6, 6.07) is 0.0315. The minimum absolute atomic E-state index is 0.0315. The van der Waals surface area contributed by atoms with E-state index in [4.69, 9.17) is 25.5 Å². The summed E-state index contributed by atoms with van der Waals surface area (Å²) in [4.78, 5) is 3.65. The molecule has 2 aliphatic carbocycles. The van der Waals surface area contributed by atoms with Gasteiger partial charge >= 0.3 is 0 Å². The van der Waals surface area contributed by atoms with Gasteiger partial charge in [-0.15, -0.1) is 0 Å². The summed E-state index contributed by atoms with van der Waals surface area (Å²) in [6.45, 7) is 9.22. The maximum Gasteiger partial charge on any atom is 0.223 e. The van der Waals surface area contributed by atoms with E-state index < -0.39 is 0 Å². The normalized spacial score (nSPS) is 48.6. The van der Waals surface area contributed by atoms with Gasteiger partial charge in [0.25, 0.3) is 0 Å². The van der Waals surface area contributed by atoms with E-state index >= 15 is 0 Å². The third kappa shape index (κ3) is 2.65. The van der Waals surface area contributed by atoms with E-state index in [2.05, 4.69) is 4.85 Å². The molecule has 138 valence electrons. The molecule has 5 aliphatic rings. The Kier molecular flexibility index (Phi) is 3.91. The van der Waals surface area contributed by atoms with Gasteiger partial charge in [-0.25, -0.2) is 6.57 Å². The molecule has 2 unspecified atom stereocenters. The molecule has 0 amide bonds. The van der Waals surface area contributed by atoms with Crippen LogP contribution < -0.4 is 0 Å². The van der Waals surface area contributed by atoms with Crippen LogP contribution in [0.2, 0.25) is 0 Å². The lowest BCUT2D eigenvalue weighted by atomic mass is 9.76. The van der Waals surface area contributed by atoms with Crippen molar-refractivity contribution in [3.05, 3.63) is 11.4 Å². The van der Waals surface area contributed by atoms with Crippen molar-refractivity contribution in [3.8, 4) is 0 Å². The standard InChI is InChI=1S/C20H29NO4/c1-13(21-2)10-14-6-7-17-19(23-14)11-15(22-17)18-16(12-19)24-20(25-18)8-4-3-5-9-20/h13-18H,3-12H2,1H3/t13?,14-,15-,16-,17+,18?,19-/m1/s1. The molecule has 2 bridgehead atoms. The molecule has 5 heteroatoms. The second-order valence-electron chi connectivity index (χ2n) is 8.88. The lowest BCUT2D eigenvalue weighted by Gasteiger charge is -2.44. The van der Waals surface area contributed by atoms with Crippen LogP contribution in [0.1, 0.15) is 71.1 Å². The van der Waals surface area contributed by atoms with Crippen molar-refractivity contribution in [2.24, 2.45) is 0 Å². The zero-order valence-electron chi connectivity index (χ0n) is 15.1. The summed E-state index contributed by atoms with van der Waals surface area (Å²) in [5.41, 5.74) is -0.208. The van der Waals surface area contributed by atoms with Gasteiger partial charge in [0.1, 0.15) is 6.10 Å². The van der Waals surface area contributed by atoms with Crippen molar-refractivity contribution in [2.45, 2.75) is 119 Å². The Morgan fingerprint density at radius 2 is 1.84 bits per heavy atom. The summed E-state index contributed by atoms with van der Waals surface area (Å²) in [5.74, 6) is -0.347. The molecule has 25 heavy (non-hydrogen) atoms. The second-order valence-corrected chi connectivity index (χ2v) is 8.88. The Hall–Kier alpha value is -0.670.